The van der Waals surface area contributed by atoms with E-state index in [1.54, 1.807) is 0 Å². The molecular formula is C13H17N3O3S. The molecule has 2 N–H and O–H groups in total. The molecule has 2 rings (SSSR count). The first-order valence-corrected chi connectivity index (χ1v) is 7.60. The van der Waals surface area contributed by atoms with Crippen LogP contribution in [-0.4, -0.2) is 64.6 Å². The first kappa shape index (κ1) is 14.8. The third kappa shape index (κ3) is 3.94. The molecule has 2 heterocycles. The summed E-state index contributed by atoms with van der Waals surface area (Å²) in [6.07, 6.45) is 1.42. The van der Waals surface area contributed by atoms with Crippen LogP contribution >= 0.6 is 11.8 Å². The van der Waals surface area contributed by atoms with Crippen molar-refractivity contribution >= 4 is 23.6 Å². The quantitative estimate of drug-likeness (QED) is 0.826. The Morgan fingerprint density at radius 1 is 1.40 bits per heavy atom. The molecule has 0 radical (unpaired) electrons. The number of rotatable bonds is 5. The van der Waals surface area contributed by atoms with Crippen molar-refractivity contribution in [3.05, 3.63) is 29.6 Å². The summed E-state index contributed by atoms with van der Waals surface area (Å²) in [6, 6.07) is 2.89. The van der Waals surface area contributed by atoms with Gasteiger partial charge in [-0.15, -0.1) is 0 Å². The van der Waals surface area contributed by atoms with Crippen molar-refractivity contribution in [1.29, 1.82) is 0 Å². The third-order valence-electron chi connectivity index (χ3n) is 3.07. The highest BCUT2D eigenvalue weighted by atomic mass is 32.2. The Morgan fingerprint density at radius 3 is 2.85 bits per heavy atom. The van der Waals surface area contributed by atoms with Gasteiger partial charge in [-0.1, -0.05) is 0 Å². The van der Waals surface area contributed by atoms with Gasteiger partial charge < -0.3 is 10.4 Å². The number of hydrogen-bond donors (Lipinski definition) is 2. The Labute approximate surface area is 121 Å². The molecule has 1 amide bonds. The maximum atomic E-state index is 12.0. The van der Waals surface area contributed by atoms with Crippen LogP contribution in [0.5, 0.6) is 0 Å². The Kier molecular flexibility index (Phi) is 5.37. The zero-order valence-corrected chi connectivity index (χ0v) is 11.9. The lowest BCUT2D eigenvalue weighted by molar-refractivity contribution is 0.0690. The maximum Gasteiger partial charge on any atom is 0.338 e. The first-order valence-electron chi connectivity index (χ1n) is 6.45. The molecule has 0 aliphatic carbocycles. The van der Waals surface area contributed by atoms with Gasteiger partial charge in [0.05, 0.1) is 5.56 Å². The van der Waals surface area contributed by atoms with E-state index in [0.717, 1.165) is 31.1 Å². The van der Waals surface area contributed by atoms with E-state index in [-0.39, 0.29) is 11.3 Å². The number of thioether (sulfide) groups is 1. The van der Waals surface area contributed by atoms with Crippen molar-refractivity contribution in [2.24, 2.45) is 0 Å². The van der Waals surface area contributed by atoms with Crippen molar-refractivity contribution in [3.63, 3.8) is 0 Å². The number of nitrogens with zero attached hydrogens (tertiary/aromatic N) is 2. The fourth-order valence-electron chi connectivity index (χ4n) is 1.99. The molecule has 0 spiro atoms. The zero-order chi connectivity index (χ0) is 14.4. The number of carboxylic acids is 1. The highest BCUT2D eigenvalue weighted by Gasteiger charge is 2.17. The summed E-state index contributed by atoms with van der Waals surface area (Å²) < 4.78 is 0. The normalized spacial score (nSPS) is 15.8. The van der Waals surface area contributed by atoms with Crippen molar-refractivity contribution < 1.29 is 14.7 Å². The largest absolute Gasteiger partial charge is 0.478 e. The average molecular weight is 295 g/mol. The molecule has 0 unspecified atom stereocenters. The molecule has 0 aromatic carbocycles. The van der Waals surface area contributed by atoms with Gasteiger partial charge in [0.1, 0.15) is 5.69 Å². The Morgan fingerprint density at radius 2 is 2.15 bits per heavy atom. The molecule has 1 saturated heterocycles. The fourth-order valence-corrected chi connectivity index (χ4v) is 2.97. The zero-order valence-electron chi connectivity index (χ0n) is 11.0. The number of nitrogens with one attached hydrogen (secondary N) is 1. The van der Waals surface area contributed by atoms with E-state index >= 15 is 0 Å². The summed E-state index contributed by atoms with van der Waals surface area (Å²) >= 11 is 1.94. The smallest absolute Gasteiger partial charge is 0.338 e. The van der Waals surface area contributed by atoms with Gasteiger partial charge in [-0.3, -0.25) is 14.7 Å². The predicted octanol–water partition coefficient (Wildman–Crippen LogP) is 0.558. The monoisotopic (exact) mass is 295 g/mol. The van der Waals surface area contributed by atoms with Crippen molar-refractivity contribution in [2.45, 2.75) is 0 Å². The van der Waals surface area contributed by atoms with Gasteiger partial charge in [0.15, 0.2) is 0 Å². The maximum absolute atomic E-state index is 12.0. The second-order valence-electron chi connectivity index (χ2n) is 4.41. The van der Waals surface area contributed by atoms with Crippen molar-refractivity contribution in [1.82, 2.24) is 15.2 Å². The molecule has 0 atom stereocenters. The Hall–Kier alpha value is -1.60. The fraction of sp³-hybridized carbons (Fsp3) is 0.462. The van der Waals surface area contributed by atoms with Gasteiger partial charge in [0.2, 0.25) is 0 Å². The third-order valence-corrected chi connectivity index (χ3v) is 4.01. The SMILES string of the molecule is O=C(O)c1cccnc1C(=O)NCCN1CCSCC1. The molecule has 0 bridgehead atoms. The molecular weight excluding hydrogens is 278 g/mol. The minimum absolute atomic E-state index is 0.0331. The summed E-state index contributed by atoms with van der Waals surface area (Å²) in [5, 5.41) is 11.7. The minimum atomic E-state index is -1.14. The number of carboxylic acid groups (broad SMARTS) is 1. The summed E-state index contributed by atoms with van der Waals surface area (Å²) in [5.41, 5.74) is -0.103. The lowest BCUT2D eigenvalue weighted by Crippen LogP contribution is -2.39. The molecule has 20 heavy (non-hydrogen) atoms. The molecule has 1 fully saturated rings. The van der Waals surface area contributed by atoms with Gasteiger partial charge in [-0.05, 0) is 12.1 Å². The number of carbonyl (C=O) groups is 2. The number of aromatic nitrogens is 1. The number of pyridine rings is 1. The topological polar surface area (TPSA) is 82.5 Å². The highest BCUT2D eigenvalue weighted by Crippen LogP contribution is 2.08. The molecule has 0 saturated carbocycles. The molecule has 7 heteroatoms. The lowest BCUT2D eigenvalue weighted by atomic mass is 10.2. The number of amides is 1. The minimum Gasteiger partial charge on any atom is -0.478 e. The molecule has 6 nitrogen and oxygen atoms in total. The van der Waals surface area contributed by atoms with Crippen LogP contribution < -0.4 is 5.32 Å². The van der Waals surface area contributed by atoms with Gasteiger partial charge in [-0.25, -0.2) is 4.79 Å². The van der Waals surface area contributed by atoms with Crippen molar-refractivity contribution in [2.75, 3.05) is 37.7 Å². The lowest BCUT2D eigenvalue weighted by Gasteiger charge is -2.25. The van der Waals surface area contributed by atoms with Crippen LogP contribution in [0.15, 0.2) is 18.3 Å². The van der Waals surface area contributed by atoms with Crippen LogP contribution in [0, 0.1) is 0 Å². The Balaban J connectivity index is 1.87. The van der Waals surface area contributed by atoms with E-state index < -0.39 is 11.9 Å². The molecule has 1 aliphatic rings. The van der Waals surface area contributed by atoms with E-state index in [9.17, 15) is 9.59 Å². The predicted molar refractivity (Wildman–Crippen MR) is 77.3 cm³/mol. The van der Waals surface area contributed by atoms with Crippen LogP contribution in [0.25, 0.3) is 0 Å². The van der Waals surface area contributed by atoms with Gasteiger partial charge >= 0.3 is 5.97 Å². The number of aromatic carboxylic acids is 1. The van der Waals surface area contributed by atoms with Gasteiger partial charge in [0, 0.05) is 43.9 Å². The van der Waals surface area contributed by atoms with E-state index in [2.05, 4.69) is 15.2 Å². The molecule has 1 aromatic rings. The van der Waals surface area contributed by atoms with Crippen LogP contribution in [-0.2, 0) is 0 Å². The van der Waals surface area contributed by atoms with Crippen LogP contribution in [0.1, 0.15) is 20.8 Å². The van der Waals surface area contributed by atoms with Crippen LogP contribution in [0.4, 0.5) is 0 Å². The van der Waals surface area contributed by atoms with E-state index in [1.807, 2.05) is 11.8 Å². The van der Waals surface area contributed by atoms with Crippen LogP contribution in [0.2, 0.25) is 0 Å². The van der Waals surface area contributed by atoms with Crippen LogP contribution in [0.3, 0.4) is 0 Å². The van der Waals surface area contributed by atoms with E-state index in [0.29, 0.717) is 6.54 Å². The van der Waals surface area contributed by atoms with E-state index in [4.69, 9.17) is 5.11 Å². The second kappa shape index (κ2) is 7.25. The van der Waals surface area contributed by atoms with Gasteiger partial charge in [-0.2, -0.15) is 11.8 Å². The number of hydrogen-bond acceptors (Lipinski definition) is 5. The van der Waals surface area contributed by atoms with E-state index in [1.165, 1.54) is 18.3 Å². The summed E-state index contributed by atoms with van der Waals surface area (Å²) in [7, 11) is 0. The van der Waals surface area contributed by atoms with Crippen molar-refractivity contribution in [3.8, 4) is 0 Å². The number of carbonyl (C=O) groups excluding carboxylic acids is 1. The Bertz CT molecular complexity index is 490. The highest BCUT2D eigenvalue weighted by molar-refractivity contribution is 7.99. The summed E-state index contributed by atoms with van der Waals surface area (Å²) in [4.78, 5) is 29.1. The molecule has 1 aromatic heterocycles. The first-order chi connectivity index (χ1) is 9.68. The van der Waals surface area contributed by atoms with Gasteiger partial charge in [0.25, 0.3) is 5.91 Å². The standard InChI is InChI=1S/C13H17N3O3S/c17-12(11-10(13(18)19)2-1-3-14-11)15-4-5-16-6-8-20-9-7-16/h1-3H,4-9H2,(H,15,17)(H,18,19). The second-order valence-corrected chi connectivity index (χ2v) is 5.64. The molecule has 1 aliphatic heterocycles. The average Bonchev–Trinajstić information content (AvgIpc) is 2.48. The summed E-state index contributed by atoms with van der Waals surface area (Å²) in [6.45, 7) is 3.34. The summed E-state index contributed by atoms with van der Waals surface area (Å²) in [5.74, 6) is 0.667. The molecule has 108 valence electrons.